The molecule has 0 spiro atoms. The van der Waals surface area contributed by atoms with E-state index in [1.165, 1.54) is 0 Å². The molecule has 0 aromatic rings. The summed E-state index contributed by atoms with van der Waals surface area (Å²) < 4.78 is 25.6. The molecule has 1 aliphatic heterocycles. The maximum Gasteiger partial charge on any atom is 0.116 e. The molecule has 1 fully saturated rings. The lowest BCUT2D eigenvalue weighted by Gasteiger charge is -2.34. The minimum atomic E-state index is -1.08. The smallest absolute Gasteiger partial charge is 0.116 e. The first-order valence-corrected chi connectivity index (χ1v) is 4.26. The zero-order chi connectivity index (χ0) is 9.14. The van der Waals surface area contributed by atoms with Crippen molar-refractivity contribution in [1.82, 2.24) is 4.90 Å². The van der Waals surface area contributed by atoms with Crippen LogP contribution in [0.4, 0.5) is 8.78 Å². The second-order valence-corrected chi connectivity index (χ2v) is 3.42. The van der Waals surface area contributed by atoms with Gasteiger partial charge in [0.05, 0.1) is 6.61 Å². The number of hydrogen-bond acceptors (Lipinski definition) is 2. The van der Waals surface area contributed by atoms with Gasteiger partial charge in [0.2, 0.25) is 0 Å². The standard InChI is InChI=1S/C8H15F2NO/c1-6(5-12)11-3-7(9)2-8(10)4-11/h6-8,12H,2-5H2,1H3/t6-,7-,8+/m0/s1. The second-order valence-electron chi connectivity index (χ2n) is 3.42. The number of aliphatic hydroxyl groups excluding tert-OH is 1. The SMILES string of the molecule is C[C@@H](CO)N1C[C@H](F)C[C@H](F)C1. The summed E-state index contributed by atoms with van der Waals surface area (Å²) in [5, 5.41) is 8.77. The molecule has 4 heteroatoms. The maximum atomic E-state index is 12.8. The van der Waals surface area contributed by atoms with Crippen molar-refractivity contribution in [1.29, 1.82) is 0 Å². The molecule has 3 atom stereocenters. The Balaban J connectivity index is 2.43. The van der Waals surface area contributed by atoms with Gasteiger partial charge in [-0.25, -0.2) is 8.78 Å². The van der Waals surface area contributed by atoms with Crippen LogP contribution in [0.15, 0.2) is 0 Å². The third-order valence-electron chi connectivity index (χ3n) is 2.26. The van der Waals surface area contributed by atoms with Crippen molar-refractivity contribution in [3.8, 4) is 0 Å². The zero-order valence-corrected chi connectivity index (χ0v) is 7.21. The van der Waals surface area contributed by atoms with Crippen LogP contribution >= 0.6 is 0 Å². The van der Waals surface area contributed by atoms with Crippen LogP contribution in [-0.4, -0.2) is 48.1 Å². The molecule has 0 amide bonds. The van der Waals surface area contributed by atoms with E-state index in [-0.39, 0.29) is 32.2 Å². The highest BCUT2D eigenvalue weighted by molar-refractivity contribution is 4.81. The van der Waals surface area contributed by atoms with Crippen LogP contribution in [0.3, 0.4) is 0 Å². The molecule has 0 radical (unpaired) electrons. The predicted octanol–water partition coefficient (Wildman–Crippen LogP) is 0.749. The number of halogens is 2. The molecule has 0 saturated carbocycles. The molecule has 1 rings (SSSR count). The van der Waals surface area contributed by atoms with Gasteiger partial charge in [-0.2, -0.15) is 0 Å². The van der Waals surface area contributed by atoms with Crippen LogP contribution in [0.1, 0.15) is 13.3 Å². The summed E-state index contributed by atoms with van der Waals surface area (Å²) in [6, 6.07) is -0.137. The van der Waals surface area contributed by atoms with Gasteiger partial charge in [0.15, 0.2) is 0 Å². The van der Waals surface area contributed by atoms with E-state index in [1.807, 2.05) is 0 Å². The number of aliphatic hydroxyl groups is 1. The lowest BCUT2D eigenvalue weighted by Crippen LogP contribution is -2.48. The summed E-state index contributed by atoms with van der Waals surface area (Å²) in [6.45, 7) is 2.23. The van der Waals surface area contributed by atoms with Crippen molar-refractivity contribution in [3.05, 3.63) is 0 Å². The maximum absolute atomic E-state index is 12.8. The average Bonchev–Trinajstić information content (AvgIpc) is 2.01. The molecule has 0 aromatic carbocycles. The molecule has 0 unspecified atom stereocenters. The van der Waals surface area contributed by atoms with Crippen molar-refractivity contribution < 1.29 is 13.9 Å². The fourth-order valence-corrected chi connectivity index (χ4v) is 1.49. The number of rotatable bonds is 2. The normalized spacial score (nSPS) is 35.0. The Hall–Kier alpha value is -0.220. The Morgan fingerprint density at radius 3 is 2.33 bits per heavy atom. The van der Waals surface area contributed by atoms with Gasteiger partial charge >= 0.3 is 0 Å². The Morgan fingerprint density at radius 1 is 1.42 bits per heavy atom. The van der Waals surface area contributed by atoms with Gasteiger partial charge in [-0.1, -0.05) is 0 Å². The minimum Gasteiger partial charge on any atom is -0.395 e. The summed E-state index contributed by atoms with van der Waals surface area (Å²) in [5.74, 6) is 0. The highest BCUT2D eigenvalue weighted by Crippen LogP contribution is 2.17. The van der Waals surface area contributed by atoms with Gasteiger partial charge in [0.25, 0.3) is 0 Å². The average molecular weight is 179 g/mol. The van der Waals surface area contributed by atoms with Crippen LogP contribution in [0.2, 0.25) is 0 Å². The zero-order valence-electron chi connectivity index (χ0n) is 7.21. The third kappa shape index (κ3) is 2.38. The van der Waals surface area contributed by atoms with Crippen molar-refractivity contribution in [2.75, 3.05) is 19.7 Å². The summed E-state index contributed by atoms with van der Waals surface area (Å²) >= 11 is 0. The number of piperidine rings is 1. The van der Waals surface area contributed by atoms with Gasteiger partial charge < -0.3 is 5.11 Å². The minimum absolute atomic E-state index is 0.00858. The predicted molar refractivity (Wildman–Crippen MR) is 42.5 cm³/mol. The molecule has 12 heavy (non-hydrogen) atoms. The van der Waals surface area contributed by atoms with Gasteiger partial charge in [0, 0.05) is 25.6 Å². The first kappa shape index (κ1) is 9.86. The van der Waals surface area contributed by atoms with E-state index in [9.17, 15) is 8.78 Å². The number of alkyl halides is 2. The monoisotopic (exact) mass is 179 g/mol. The summed E-state index contributed by atoms with van der Waals surface area (Å²) in [5.41, 5.74) is 0. The molecule has 0 bridgehead atoms. The molecule has 0 aromatic heterocycles. The largest absolute Gasteiger partial charge is 0.395 e. The van der Waals surface area contributed by atoms with E-state index in [1.54, 1.807) is 11.8 Å². The van der Waals surface area contributed by atoms with E-state index in [0.717, 1.165) is 0 Å². The molecule has 1 aliphatic rings. The Kier molecular flexibility index (Phi) is 3.40. The highest BCUT2D eigenvalue weighted by Gasteiger charge is 2.29. The molecule has 1 heterocycles. The topological polar surface area (TPSA) is 23.5 Å². The highest BCUT2D eigenvalue weighted by atomic mass is 19.1. The van der Waals surface area contributed by atoms with Crippen molar-refractivity contribution >= 4 is 0 Å². The van der Waals surface area contributed by atoms with Crippen LogP contribution < -0.4 is 0 Å². The van der Waals surface area contributed by atoms with E-state index in [2.05, 4.69) is 0 Å². The summed E-state index contributed by atoms with van der Waals surface area (Å²) in [4.78, 5) is 1.65. The van der Waals surface area contributed by atoms with Crippen LogP contribution in [-0.2, 0) is 0 Å². The lowest BCUT2D eigenvalue weighted by molar-refractivity contribution is 0.0321. The van der Waals surface area contributed by atoms with Gasteiger partial charge in [-0.05, 0) is 6.92 Å². The number of likely N-dealkylation sites (tertiary alicyclic amines) is 1. The fourth-order valence-electron chi connectivity index (χ4n) is 1.49. The van der Waals surface area contributed by atoms with Crippen molar-refractivity contribution in [2.24, 2.45) is 0 Å². The summed E-state index contributed by atoms with van der Waals surface area (Å²) in [6.07, 6.45) is -2.15. The van der Waals surface area contributed by atoms with E-state index >= 15 is 0 Å². The molecular formula is C8H15F2NO. The van der Waals surface area contributed by atoms with Gasteiger partial charge in [0.1, 0.15) is 12.3 Å². The quantitative estimate of drug-likeness (QED) is 0.676. The lowest BCUT2D eigenvalue weighted by atomic mass is 10.1. The van der Waals surface area contributed by atoms with Crippen LogP contribution in [0.5, 0.6) is 0 Å². The van der Waals surface area contributed by atoms with Crippen molar-refractivity contribution in [3.63, 3.8) is 0 Å². The Bertz CT molecular complexity index is 135. The number of hydrogen-bond donors (Lipinski definition) is 1. The van der Waals surface area contributed by atoms with E-state index in [4.69, 9.17) is 5.11 Å². The van der Waals surface area contributed by atoms with Gasteiger partial charge in [-0.3, -0.25) is 4.90 Å². The van der Waals surface area contributed by atoms with E-state index in [0.29, 0.717) is 0 Å². The number of nitrogens with zero attached hydrogens (tertiary/aromatic N) is 1. The molecule has 2 nitrogen and oxygen atoms in total. The Labute approximate surface area is 71.2 Å². The molecule has 1 N–H and O–H groups in total. The van der Waals surface area contributed by atoms with Crippen molar-refractivity contribution in [2.45, 2.75) is 31.7 Å². The van der Waals surface area contributed by atoms with E-state index < -0.39 is 12.3 Å². The molecule has 1 saturated heterocycles. The summed E-state index contributed by atoms with van der Waals surface area (Å²) in [7, 11) is 0. The van der Waals surface area contributed by atoms with Crippen LogP contribution in [0.25, 0.3) is 0 Å². The third-order valence-corrected chi connectivity index (χ3v) is 2.26. The molecule has 0 aliphatic carbocycles. The first-order chi connectivity index (χ1) is 5.63. The van der Waals surface area contributed by atoms with Crippen LogP contribution in [0, 0.1) is 0 Å². The first-order valence-electron chi connectivity index (χ1n) is 4.26. The fraction of sp³-hybridized carbons (Fsp3) is 1.00. The second kappa shape index (κ2) is 4.14. The van der Waals surface area contributed by atoms with Gasteiger partial charge in [-0.15, -0.1) is 0 Å². The molecular weight excluding hydrogens is 164 g/mol. The molecule has 72 valence electrons. The Morgan fingerprint density at radius 2 is 1.92 bits per heavy atom.